The molecule has 0 amide bonds. The van der Waals surface area contributed by atoms with Crippen molar-refractivity contribution in [1.82, 2.24) is 9.78 Å². The van der Waals surface area contributed by atoms with E-state index >= 15 is 0 Å². The van der Waals surface area contributed by atoms with Gasteiger partial charge < -0.3 is 5.43 Å². The molecule has 1 aromatic rings. The van der Waals surface area contributed by atoms with Gasteiger partial charge in [-0.1, -0.05) is 11.6 Å². The molecule has 0 aromatic carbocycles. The molecule has 1 heterocycles. The highest BCUT2D eigenvalue weighted by Crippen LogP contribution is 2.22. The van der Waals surface area contributed by atoms with Crippen LogP contribution >= 0.6 is 11.6 Å². The fourth-order valence-electron chi connectivity index (χ4n) is 0.794. The number of nitrogens with two attached hydrogens (primary N) is 1. The summed E-state index contributed by atoms with van der Waals surface area (Å²) < 4.78 is 1.56. The van der Waals surface area contributed by atoms with Gasteiger partial charge in [-0.2, -0.15) is 5.10 Å². The molecule has 56 valence electrons. The Labute approximate surface area is 63.9 Å². The number of halogens is 1. The Hall–Kier alpha value is -0.740. The summed E-state index contributed by atoms with van der Waals surface area (Å²) in [6.45, 7) is 1.83. The first-order valence-corrected chi connectivity index (χ1v) is 3.20. The maximum Gasteiger partial charge on any atom is 0.151 e. The van der Waals surface area contributed by atoms with E-state index in [0.717, 1.165) is 5.69 Å². The molecule has 5 heteroatoms. The Balaban J connectivity index is 3.20. The van der Waals surface area contributed by atoms with Gasteiger partial charge in [0.2, 0.25) is 0 Å². The van der Waals surface area contributed by atoms with Gasteiger partial charge in [-0.05, 0) is 6.92 Å². The number of rotatable bonds is 1. The van der Waals surface area contributed by atoms with Gasteiger partial charge >= 0.3 is 0 Å². The van der Waals surface area contributed by atoms with Crippen LogP contribution in [0.25, 0.3) is 0 Å². The molecule has 0 spiro atoms. The van der Waals surface area contributed by atoms with E-state index in [4.69, 9.17) is 17.4 Å². The minimum Gasteiger partial charge on any atom is -0.320 e. The van der Waals surface area contributed by atoms with Gasteiger partial charge in [0.1, 0.15) is 5.69 Å². The number of hydrazine groups is 1. The summed E-state index contributed by atoms with van der Waals surface area (Å²) in [7, 11) is 1.76. The van der Waals surface area contributed by atoms with Crippen LogP contribution in [0.4, 0.5) is 5.69 Å². The van der Waals surface area contributed by atoms with Crippen molar-refractivity contribution in [2.45, 2.75) is 6.92 Å². The molecular weight excluding hydrogens is 152 g/mol. The number of hydrogen-bond donors (Lipinski definition) is 2. The molecule has 0 atom stereocenters. The average Bonchev–Trinajstić information content (AvgIpc) is 2.09. The van der Waals surface area contributed by atoms with Crippen LogP contribution in [0.1, 0.15) is 5.69 Å². The molecule has 0 saturated heterocycles. The van der Waals surface area contributed by atoms with E-state index in [1.165, 1.54) is 0 Å². The van der Waals surface area contributed by atoms with Crippen LogP contribution in [0.5, 0.6) is 0 Å². The third kappa shape index (κ3) is 0.955. The van der Waals surface area contributed by atoms with E-state index < -0.39 is 0 Å². The number of hydrogen-bond acceptors (Lipinski definition) is 3. The predicted molar refractivity (Wildman–Crippen MR) is 40.8 cm³/mol. The van der Waals surface area contributed by atoms with Crippen LogP contribution in [0, 0.1) is 6.92 Å². The Morgan fingerprint density at radius 1 is 1.70 bits per heavy atom. The highest BCUT2D eigenvalue weighted by atomic mass is 35.5. The normalized spacial score (nSPS) is 10.0. The van der Waals surface area contributed by atoms with Crippen molar-refractivity contribution in [1.29, 1.82) is 0 Å². The maximum atomic E-state index is 5.77. The molecule has 3 N–H and O–H groups in total. The zero-order valence-electron chi connectivity index (χ0n) is 5.85. The fourth-order valence-corrected chi connectivity index (χ4v) is 1.02. The van der Waals surface area contributed by atoms with Crippen molar-refractivity contribution in [3.63, 3.8) is 0 Å². The van der Waals surface area contributed by atoms with E-state index in [2.05, 4.69) is 10.5 Å². The lowest BCUT2D eigenvalue weighted by atomic mass is 10.4. The summed E-state index contributed by atoms with van der Waals surface area (Å²) in [4.78, 5) is 0. The summed E-state index contributed by atoms with van der Waals surface area (Å²) >= 11 is 5.77. The van der Waals surface area contributed by atoms with Gasteiger partial charge in [0, 0.05) is 7.05 Å². The molecule has 0 aliphatic rings. The van der Waals surface area contributed by atoms with Crippen LogP contribution in [0.2, 0.25) is 5.15 Å². The lowest BCUT2D eigenvalue weighted by molar-refractivity contribution is 0.757. The quantitative estimate of drug-likeness (QED) is 0.469. The van der Waals surface area contributed by atoms with E-state index in [1.807, 2.05) is 6.92 Å². The highest BCUT2D eigenvalue weighted by Gasteiger charge is 2.07. The van der Waals surface area contributed by atoms with Crippen LogP contribution in [-0.4, -0.2) is 9.78 Å². The van der Waals surface area contributed by atoms with E-state index in [0.29, 0.717) is 10.8 Å². The van der Waals surface area contributed by atoms with E-state index in [-0.39, 0.29) is 0 Å². The van der Waals surface area contributed by atoms with Crippen molar-refractivity contribution in [3.05, 3.63) is 10.8 Å². The molecule has 0 saturated carbocycles. The number of nitrogens with one attached hydrogen (secondary N) is 1. The van der Waals surface area contributed by atoms with E-state index in [9.17, 15) is 0 Å². The monoisotopic (exact) mass is 160 g/mol. The van der Waals surface area contributed by atoms with Gasteiger partial charge in [0.15, 0.2) is 5.15 Å². The third-order valence-corrected chi connectivity index (χ3v) is 1.73. The van der Waals surface area contributed by atoms with Crippen LogP contribution < -0.4 is 11.3 Å². The molecule has 0 unspecified atom stereocenters. The molecule has 0 fully saturated rings. The average molecular weight is 161 g/mol. The zero-order chi connectivity index (χ0) is 7.72. The Morgan fingerprint density at radius 3 is 2.50 bits per heavy atom. The molecule has 0 radical (unpaired) electrons. The van der Waals surface area contributed by atoms with Gasteiger partial charge in [0.25, 0.3) is 0 Å². The molecule has 0 bridgehead atoms. The Bertz CT molecular complexity index is 242. The lowest BCUT2D eigenvalue weighted by Crippen LogP contribution is -2.07. The second-order valence-corrected chi connectivity index (χ2v) is 2.38. The number of anilines is 1. The van der Waals surface area contributed by atoms with E-state index in [1.54, 1.807) is 11.7 Å². The first-order valence-electron chi connectivity index (χ1n) is 2.82. The van der Waals surface area contributed by atoms with Crippen molar-refractivity contribution in [2.75, 3.05) is 5.43 Å². The standard InChI is InChI=1S/C5H9ClN4/c1-3-4(8-7)5(6)10(2)9-3/h8H,7H2,1-2H3. The first kappa shape index (κ1) is 7.37. The van der Waals surface area contributed by atoms with Gasteiger partial charge in [-0.15, -0.1) is 0 Å². The second kappa shape index (κ2) is 2.48. The summed E-state index contributed by atoms with van der Waals surface area (Å²) in [6.07, 6.45) is 0. The second-order valence-electron chi connectivity index (χ2n) is 2.02. The third-order valence-electron chi connectivity index (χ3n) is 1.30. The summed E-state index contributed by atoms with van der Waals surface area (Å²) in [6, 6.07) is 0. The number of nitrogens with zero attached hydrogens (tertiary/aromatic N) is 2. The molecular formula is C5H9ClN4. The Kier molecular flexibility index (Phi) is 1.82. The van der Waals surface area contributed by atoms with Crippen molar-refractivity contribution in [2.24, 2.45) is 12.9 Å². The topological polar surface area (TPSA) is 55.9 Å². The molecule has 1 rings (SSSR count). The summed E-state index contributed by atoms with van der Waals surface area (Å²) in [5.74, 6) is 5.18. The number of aryl methyl sites for hydroxylation is 2. The summed E-state index contributed by atoms with van der Waals surface area (Å²) in [5.41, 5.74) is 3.95. The van der Waals surface area contributed by atoms with Crippen molar-refractivity contribution >= 4 is 17.3 Å². The number of aromatic nitrogens is 2. The van der Waals surface area contributed by atoms with Gasteiger partial charge in [0.05, 0.1) is 5.69 Å². The highest BCUT2D eigenvalue weighted by molar-refractivity contribution is 6.32. The predicted octanol–water partition coefficient (Wildman–Crippen LogP) is 0.668. The zero-order valence-corrected chi connectivity index (χ0v) is 6.61. The largest absolute Gasteiger partial charge is 0.320 e. The minimum absolute atomic E-state index is 0.528. The molecule has 0 aliphatic heterocycles. The Morgan fingerprint density at radius 2 is 2.30 bits per heavy atom. The molecule has 0 aliphatic carbocycles. The van der Waals surface area contributed by atoms with Crippen molar-refractivity contribution < 1.29 is 0 Å². The molecule has 1 aromatic heterocycles. The van der Waals surface area contributed by atoms with Gasteiger partial charge in [-0.25, -0.2) is 0 Å². The SMILES string of the molecule is Cc1nn(C)c(Cl)c1NN. The minimum atomic E-state index is 0.528. The number of nitrogen functional groups attached to an aromatic ring is 1. The fraction of sp³-hybridized carbons (Fsp3) is 0.400. The van der Waals surface area contributed by atoms with Crippen LogP contribution in [0.3, 0.4) is 0 Å². The maximum absolute atomic E-state index is 5.77. The smallest absolute Gasteiger partial charge is 0.151 e. The van der Waals surface area contributed by atoms with Crippen molar-refractivity contribution in [3.8, 4) is 0 Å². The van der Waals surface area contributed by atoms with Crippen LogP contribution in [-0.2, 0) is 7.05 Å². The van der Waals surface area contributed by atoms with Gasteiger partial charge in [-0.3, -0.25) is 10.5 Å². The molecule has 10 heavy (non-hydrogen) atoms. The first-order chi connectivity index (χ1) is 4.66. The summed E-state index contributed by atoms with van der Waals surface area (Å²) in [5, 5.41) is 4.55. The van der Waals surface area contributed by atoms with Crippen LogP contribution in [0.15, 0.2) is 0 Å². The molecule has 4 nitrogen and oxygen atoms in total. The lowest BCUT2D eigenvalue weighted by Gasteiger charge is -1.95.